The summed E-state index contributed by atoms with van der Waals surface area (Å²) in [6.07, 6.45) is 0.715. The Labute approximate surface area is 207 Å². The molecule has 0 spiro atoms. The minimum Gasteiger partial charge on any atom is -0.483 e. The molecular formula is C25H27N5O2S2. The molecule has 0 saturated carbocycles. The fourth-order valence-electron chi connectivity index (χ4n) is 3.47. The van der Waals surface area contributed by atoms with Gasteiger partial charge in [-0.2, -0.15) is 0 Å². The summed E-state index contributed by atoms with van der Waals surface area (Å²) >= 11 is 2.80. The van der Waals surface area contributed by atoms with Crippen LogP contribution in [0, 0.1) is 6.92 Å². The van der Waals surface area contributed by atoms with Crippen molar-refractivity contribution in [3.05, 3.63) is 70.9 Å². The first-order valence-corrected chi connectivity index (χ1v) is 12.8. The van der Waals surface area contributed by atoms with Gasteiger partial charge >= 0.3 is 0 Å². The normalized spacial score (nSPS) is 11.9. The van der Waals surface area contributed by atoms with E-state index < -0.39 is 0 Å². The molecule has 2 heterocycles. The molecule has 1 atom stereocenters. The first-order valence-electron chi connectivity index (χ1n) is 11.0. The number of ether oxygens (including phenoxy) is 1. The second kappa shape index (κ2) is 10.8. The minimum absolute atomic E-state index is 0.136. The Bertz CT molecular complexity index is 1250. The standard InChI is InChI=1S/C25H27N5O2S2/c1-5-18-11-13-20(14-12-18)32-16(2)23-28-29-25(30(23)4)33-15-21(31)26-24-27-22(17(3)34-24)19-9-7-6-8-10-19/h6-14,16H,5,15H2,1-4H3,(H,26,27,31). The van der Waals surface area contributed by atoms with E-state index in [1.165, 1.54) is 28.7 Å². The molecule has 0 radical (unpaired) electrons. The first-order chi connectivity index (χ1) is 16.4. The van der Waals surface area contributed by atoms with Gasteiger partial charge in [-0.1, -0.05) is 61.2 Å². The topological polar surface area (TPSA) is 81.9 Å². The maximum absolute atomic E-state index is 12.5. The fraction of sp³-hybridized carbons (Fsp3) is 0.280. The van der Waals surface area contributed by atoms with Crippen LogP contribution >= 0.6 is 23.1 Å². The number of carbonyl (C=O) groups is 1. The zero-order valence-corrected chi connectivity index (χ0v) is 21.2. The van der Waals surface area contributed by atoms with Crippen LogP contribution in [-0.4, -0.2) is 31.4 Å². The highest BCUT2D eigenvalue weighted by Gasteiger charge is 2.19. The highest BCUT2D eigenvalue weighted by Crippen LogP contribution is 2.30. The lowest BCUT2D eigenvalue weighted by Crippen LogP contribution is -2.14. The van der Waals surface area contributed by atoms with Gasteiger partial charge in [0, 0.05) is 17.5 Å². The zero-order chi connectivity index (χ0) is 24.1. The summed E-state index contributed by atoms with van der Waals surface area (Å²) in [5.74, 6) is 1.56. The van der Waals surface area contributed by atoms with Gasteiger partial charge in [-0.05, 0) is 38.0 Å². The Hall–Kier alpha value is -3.17. The van der Waals surface area contributed by atoms with E-state index in [2.05, 4.69) is 39.6 Å². The third kappa shape index (κ3) is 5.66. The molecule has 0 bridgehead atoms. The lowest BCUT2D eigenvalue weighted by atomic mass is 10.1. The fourth-order valence-corrected chi connectivity index (χ4v) is 5.04. The number of benzene rings is 2. The van der Waals surface area contributed by atoms with E-state index in [1.807, 2.05) is 67.9 Å². The van der Waals surface area contributed by atoms with Crippen molar-refractivity contribution in [3.63, 3.8) is 0 Å². The van der Waals surface area contributed by atoms with Gasteiger partial charge in [-0.15, -0.1) is 21.5 Å². The molecule has 34 heavy (non-hydrogen) atoms. The predicted octanol–water partition coefficient (Wildman–Crippen LogP) is 5.68. The van der Waals surface area contributed by atoms with E-state index >= 15 is 0 Å². The van der Waals surface area contributed by atoms with Crippen molar-refractivity contribution in [3.8, 4) is 17.0 Å². The van der Waals surface area contributed by atoms with Gasteiger partial charge in [0.1, 0.15) is 5.75 Å². The van der Waals surface area contributed by atoms with Crippen molar-refractivity contribution in [1.82, 2.24) is 19.7 Å². The van der Waals surface area contributed by atoms with Crippen LogP contribution in [0.4, 0.5) is 5.13 Å². The number of thiazole rings is 1. The molecule has 1 unspecified atom stereocenters. The van der Waals surface area contributed by atoms with Crippen molar-refractivity contribution >= 4 is 34.1 Å². The first kappa shape index (κ1) is 24.0. The lowest BCUT2D eigenvalue weighted by Gasteiger charge is -2.14. The Balaban J connectivity index is 1.34. The van der Waals surface area contributed by atoms with Gasteiger partial charge in [0.2, 0.25) is 5.91 Å². The number of aromatic nitrogens is 4. The van der Waals surface area contributed by atoms with Gasteiger partial charge in [0.05, 0.1) is 11.4 Å². The van der Waals surface area contributed by atoms with Gasteiger partial charge in [-0.25, -0.2) is 4.98 Å². The maximum Gasteiger partial charge on any atom is 0.236 e. The molecule has 2 aromatic heterocycles. The molecule has 2 aromatic carbocycles. The summed E-state index contributed by atoms with van der Waals surface area (Å²) < 4.78 is 7.90. The number of anilines is 1. The molecule has 1 amide bonds. The number of nitrogens with one attached hydrogen (secondary N) is 1. The van der Waals surface area contributed by atoms with E-state index in [0.29, 0.717) is 16.1 Å². The van der Waals surface area contributed by atoms with Crippen LogP contribution in [0.25, 0.3) is 11.3 Å². The maximum atomic E-state index is 12.5. The van der Waals surface area contributed by atoms with Gasteiger partial charge in [-0.3, -0.25) is 4.79 Å². The lowest BCUT2D eigenvalue weighted by molar-refractivity contribution is -0.113. The highest BCUT2D eigenvalue weighted by atomic mass is 32.2. The number of thioether (sulfide) groups is 1. The van der Waals surface area contributed by atoms with Crippen molar-refractivity contribution in [1.29, 1.82) is 0 Å². The highest BCUT2D eigenvalue weighted by molar-refractivity contribution is 7.99. The van der Waals surface area contributed by atoms with Crippen molar-refractivity contribution < 1.29 is 9.53 Å². The number of hydrogen-bond donors (Lipinski definition) is 1. The van der Waals surface area contributed by atoms with Crippen LogP contribution in [0.15, 0.2) is 59.8 Å². The Morgan fingerprint density at radius 3 is 2.59 bits per heavy atom. The molecule has 0 aliphatic carbocycles. The molecule has 176 valence electrons. The number of rotatable bonds is 9. The van der Waals surface area contributed by atoms with Crippen LogP contribution in [0.2, 0.25) is 0 Å². The van der Waals surface area contributed by atoms with Crippen LogP contribution in [0.3, 0.4) is 0 Å². The molecular weight excluding hydrogens is 466 g/mol. The third-order valence-corrected chi connectivity index (χ3v) is 7.21. The molecule has 0 fully saturated rings. The number of aryl methyl sites for hydroxylation is 2. The smallest absolute Gasteiger partial charge is 0.236 e. The van der Waals surface area contributed by atoms with Crippen LogP contribution in [-0.2, 0) is 18.3 Å². The summed E-state index contributed by atoms with van der Waals surface area (Å²) in [5.41, 5.74) is 3.19. The summed E-state index contributed by atoms with van der Waals surface area (Å²) in [5, 5.41) is 12.7. The van der Waals surface area contributed by atoms with Crippen molar-refractivity contribution in [2.75, 3.05) is 11.1 Å². The SMILES string of the molecule is CCc1ccc(OC(C)c2nnc(SCC(=O)Nc3nc(-c4ccccc4)c(C)s3)n2C)cc1. The molecule has 1 N–H and O–H groups in total. The summed E-state index contributed by atoms with van der Waals surface area (Å²) in [7, 11) is 1.88. The largest absolute Gasteiger partial charge is 0.483 e. The Morgan fingerprint density at radius 1 is 1.15 bits per heavy atom. The van der Waals surface area contributed by atoms with E-state index in [9.17, 15) is 4.79 Å². The quantitative estimate of drug-likeness (QED) is 0.302. The second-order valence-corrected chi connectivity index (χ2v) is 9.93. The average Bonchev–Trinajstić information content (AvgIpc) is 3.40. The van der Waals surface area contributed by atoms with Gasteiger partial charge < -0.3 is 14.6 Å². The number of amides is 1. The van der Waals surface area contributed by atoms with Crippen LogP contribution in [0.5, 0.6) is 5.75 Å². The second-order valence-electron chi connectivity index (χ2n) is 7.78. The molecule has 4 rings (SSSR count). The monoisotopic (exact) mass is 493 g/mol. The molecule has 4 aromatic rings. The Kier molecular flexibility index (Phi) is 7.64. The van der Waals surface area contributed by atoms with E-state index in [1.54, 1.807) is 0 Å². The number of carbonyl (C=O) groups excluding carboxylic acids is 1. The summed E-state index contributed by atoms with van der Waals surface area (Å²) in [6.45, 7) is 6.07. The van der Waals surface area contributed by atoms with Crippen LogP contribution in [0.1, 0.15) is 36.2 Å². The van der Waals surface area contributed by atoms with E-state index in [0.717, 1.165) is 28.3 Å². The number of nitrogens with zero attached hydrogens (tertiary/aromatic N) is 4. The third-order valence-electron chi connectivity index (χ3n) is 5.30. The Morgan fingerprint density at radius 2 is 1.88 bits per heavy atom. The summed E-state index contributed by atoms with van der Waals surface area (Å²) in [4.78, 5) is 18.2. The van der Waals surface area contributed by atoms with E-state index in [4.69, 9.17) is 4.74 Å². The number of hydrogen-bond acceptors (Lipinski definition) is 7. The van der Waals surface area contributed by atoms with Crippen molar-refractivity contribution in [2.24, 2.45) is 7.05 Å². The molecule has 7 nitrogen and oxygen atoms in total. The molecule has 0 saturated heterocycles. The van der Waals surface area contributed by atoms with Crippen LogP contribution < -0.4 is 10.1 Å². The molecule has 0 aliphatic heterocycles. The molecule has 0 aliphatic rings. The minimum atomic E-state index is -0.275. The van der Waals surface area contributed by atoms with Gasteiger partial charge in [0.25, 0.3) is 0 Å². The zero-order valence-electron chi connectivity index (χ0n) is 19.6. The molecule has 9 heteroatoms. The van der Waals surface area contributed by atoms with E-state index in [-0.39, 0.29) is 17.8 Å². The summed E-state index contributed by atoms with van der Waals surface area (Å²) in [6, 6.07) is 18.0. The average molecular weight is 494 g/mol. The van der Waals surface area contributed by atoms with Crippen molar-refractivity contribution in [2.45, 2.75) is 38.5 Å². The predicted molar refractivity (Wildman–Crippen MR) is 138 cm³/mol. The van der Waals surface area contributed by atoms with Gasteiger partial charge in [0.15, 0.2) is 22.2 Å².